The molecule has 0 saturated carbocycles. The molecule has 5 heteroatoms. The molecule has 0 aliphatic carbocycles. The van der Waals surface area contributed by atoms with Gasteiger partial charge in [-0.15, -0.1) is 11.3 Å². The van der Waals surface area contributed by atoms with E-state index in [1.807, 2.05) is 11.3 Å². The van der Waals surface area contributed by atoms with Gasteiger partial charge in [-0.3, -0.25) is 4.98 Å². The van der Waals surface area contributed by atoms with E-state index in [-0.39, 0.29) is 11.1 Å². The van der Waals surface area contributed by atoms with Gasteiger partial charge in [-0.25, -0.2) is 0 Å². The minimum atomic E-state index is -0.343. The molecule has 0 aliphatic heterocycles. The molecule has 0 fully saturated rings. The van der Waals surface area contributed by atoms with Gasteiger partial charge in [-0.2, -0.15) is 0 Å². The number of benzene rings is 7. The summed E-state index contributed by atoms with van der Waals surface area (Å²) in [4.78, 5) is 5.07. The van der Waals surface area contributed by atoms with Crippen molar-refractivity contribution in [1.82, 2.24) is 18.7 Å². The molecule has 0 bridgehead atoms. The molecule has 0 saturated heterocycles. The zero-order valence-corrected chi connectivity index (χ0v) is 37.4. The van der Waals surface area contributed by atoms with Gasteiger partial charge >= 0.3 is 0 Å². The molecule has 12 aromatic rings. The first-order valence-electron chi connectivity index (χ1n) is 22.6. The third-order valence-electron chi connectivity index (χ3n) is 14.7. The van der Waals surface area contributed by atoms with Gasteiger partial charge in [0, 0.05) is 64.5 Å². The number of rotatable bonds is 9. The lowest BCUT2D eigenvalue weighted by atomic mass is 9.81. The van der Waals surface area contributed by atoms with Crippen LogP contribution < -0.4 is 0 Å². The van der Waals surface area contributed by atoms with Crippen LogP contribution in [0, 0.1) is 5.92 Å². The van der Waals surface area contributed by atoms with E-state index in [0.717, 1.165) is 30.5 Å². The molecule has 4 nitrogen and oxygen atoms in total. The Hall–Kier alpha value is -6.69. The Labute approximate surface area is 371 Å². The maximum atomic E-state index is 5.07. The van der Waals surface area contributed by atoms with Crippen LogP contribution in [0.5, 0.6) is 0 Å². The first kappa shape index (κ1) is 38.0. The zero-order valence-electron chi connectivity index (χ0n) is 36.6. The first-order chi connectivity index (χ1) is 30.8. The normalized spacial score (nSPS) is 14.8. The molecule has 63 heavy (non-hydrogen) atoms. The molecule has 0 radical (unpaired) electrons. The fourth-order valence-electron chi connectivity index (χ4n) is 11.2. The Bertz CT molecular complexity index is 3710. The van der Waals surface area contributed by atoms with Crippen LogP contribution in [0.3, 0.4) is 0 Å². The number of hydrogen-bond acceptors (Lipinski definition) is 2. The van der Waals surface area contributed by atoms with Crippen LogP contribution in [0.4, 0.5) is 0 Å². The number of pyridine rings is 1. The van der Waals surface area contributed by atoms with Crippen LogP contribution in [0.25, 0.3) is 91.4 Å². The fraction of sp³-hybridized carbons (Fsp3) is 0.190. The molecule has 12 rings (SSSR count). The molecule has 0 N–H and O–H groups in total. The SMILES string of the molecule is CCC(C)CC(C)(c1ccc2c(c1)c1ccccc1n2C(C)(CC)c1ccc2c(c1)c1ccccc1n2-c1cnc2c(c1)sc1ccccc12)n1c2ccccc2c2ccccc21. The monoisotopic (exact) mass is 834 g/mol. The Morgan fingerprint density at radius 3 is 1.57 bits per heavy atom. The van der Waals surface area contributed by atoms with Gasteiger partial charge in [-0.1, -0.05) is 130 Å². The molecule has 7 aromatic carbocycles. The molecule has 3 unspecified atom stereocenters. The van der Waals surface area contributed by atoms with Gasteiger partial charge in [-0.05, 0) is 104 Å². The lowest BCUT2D eigenvalue weighted by Gasteiger charge is -2.37. The second kappa shape index (κ2) is 14.2. The number of fused-ring (bicyclic) bond motifs is 12. The highest BCUT2D eigenvalue weighted by Gasteiger charge is 2.36. The van der Waals surface area contributed by atoms with E-state index in [1.54, 1.807) is 0 Å². The van der Waals surface area contributed by atoms with Crippen molar-refractivity contribution in [3.05, 3.63) is 181 Å². The van der Waals surface area contributed by atoms with Crippen LogP contribution in [0.15, 0.2) is 170 Å². The Morgan fingerprint density at radius 2 is 0.952 bits per heavy atom. The van der Waals surface area contributed by atoms with E-state index in [9.17, 15) is 0 Å². The van der Waals surface area contributed by atoms with Crippen molar-refractivity contribution in [3.63, 3.8) is 0 Å². The number of thiophene rings is 1. The third-order valence-corrected chi connectivity index (χ3v) is 15.9. The molecule has 0 aliphatic rings. The van der Waals surface area contributed by atoms with Crippen molar-refractivity contribution in [1.29, 1.82) is 0 Å². The van der Waals surface area contributed by atoms with Crippen molar-refractivity contribution >= 4 is 97.1 Å². The van der Waals surface area contributed by atoms with Crippen molar-refractivity contribution < 1.29 is 0 Å². The van der Waals surface area contributed by atoms with Crippen LogP contribution in [0.2, 0.25) is 0 Å². The van der Waals surface area contributed by atoms with Crippen molar-refractivity contribution in [2.24, 2.45) is 5.92 Å². The first-order valence-corrected chi connectivity index (χ1v) is 23.5. The maximum Gasteiger partial charge on any atom is 0.0890 e. The molecular formula is C58H50N4S. The largest absolute Gasteiger partial charge is 0.330 e. The highest BCUT2D eigenvalue weighted by Crippen LogP contribution is 2.46. The number of nitrogens with zero attached hydrogens (tertiary/aromatic N) is 4. The standard InChI is InChI=1S/C58H50N4S/c1-6-37(3)35-58(5,62-50-24-14-9-18-41(50)42-19-10-15-25-51(42)62)39-29-31-53-47(33-39)44-21-11-16-26-52(44)61(53)57(4,7-2)38-28-30-49-46(32-38)43-20-8-13-23-48(43)60(49)40-34-55-56(59-36-40)45-22-12-17-27-54(45)63-55/h8-34,36-37H,6-7,35H2,1-5H3. The lowest BCUT2D eigenvalue weighted by Crippen LogP contribution is -2.33. The molecule has 308 valence electrons. The molecule has 0 spiro atoms. The quantitative estimate of drug-likeness (QED) is 0.142. The van der Waals surface area contributed by atoms with E-state index in [1.165, 1.54) is 91.3 Å². The summed E-state index contributed by atoms with van der Waals surface area (Å²) >= 11 is 1.82. The number of aromatic nitrogens is 4. The second-order valence-corrected chi connectivity index (χ2v) is 19.4. The van der Waals surface area contributed by atoms with E-state index in [2.05, 4.69) is 218 Å². The highest BCUT2D eigenvalue weighted by atomic mass is 32.1. The minimum Gasteiger partial charge on any atom is -0.330 e. The summed E-state index contributed by atoms with van der Waals surface area (Å²) in [5.41, 5.74) is 11.7. The Balaban J connectivity index is 1.05. The molecule has 5 heterocycles. The van der Waals surface area contributed by atoms with E-state index in [4.69, 9.17) is 4.98 Å². The molecule has 5 aromatic heterocycles. The van der Waals surface area contributed by atoms with E-state index in [0.29, 0.717) is 5.92 Å². The summed E-state index contributed by atoms with van der Waals surface area (Å²) in [7, 11) is 0. The average molecular weight is 835 g/mol. The van der Waals surface area contributed by atoms with Gasteiger partial charge in [0.2, 0.25) is 0 Å². The van der Waals surface area contributed by atoms with Crippen molar-refractivity contribution in [2.75, 3.05) is 0 Å². The van der Waals surface area contributed by atoms with Gasteiger partial charge < -0.3 is 13.7 Å². The van der Waals surface area contributed by atoms with Gasteiger partial charge in [0.15, 0.2) is 0 Å². The Morgan fingerprint density at radius 1 is 0.492 bits per heavy atom. The van der Waals surface area contributed by atoms with Gasteiger partial charge in [0.25, 0.3) is 0 Å². The van der Waals surface area contributed by atoms with Gasteiger partial charge in [0.05, 0.1) is 44.2 Å². The predicted octanol–water partition coefficient (Wildman–Crippen LogP) is 16.1. The maximum absolute atomic E-state index is 5.07. The zero-order chi connectivity index (χ0) is 42.6. The predicted molar refractivity (Wildman–Crippen MR) is 270 cm³/mol. The second-order valence-electron chi connectivity index (χ2n) is 18.3. The summed E-state index contributed by atoms with van der Waals surface area (Å²) in [6.45, 7) is 12.0. The summed E-state index contributed by atoms with van der Waals surface area (Å²) < 4.78 is 10.2. The third kappa shape index (κ3) is 5.48. The van der Waals surface area contributed by atoms with Crippen LogP contribution >= 0.6 is 11.3 Å². The molecule has 0 amide bonds. The summed E-state index contributed by atoms with van der Waals surface area (Å²) in [5.74, 6) is 0.534. The Kier molecular flexibility index (Phi) is 8.55. The van der Waals surface area contributed by atoms with Crippen LogP contribution in [-0.2, 0) is 11.1 Å². The topological polar surface area (TPSA) is 27.7 Å². The van der Waals surface area contributed by atoms with E-state index < -0.39 is 0 Å². The van der Waals surface area contributed by atoms with Crippen molar-refractivity contribution in [2.45, 2.75) is 65.0 Å². The van der Waals surface area contributed by atoms with Crippen LogP contribution in [-0.4, -0.2) is 18.7 Å². The number of hydrogen-bond donors (Lipinski definition) is 0. The minimum absolute atomic E-state index is 0.292. The van der Waals surface area contributed by atoms with Crippen LogP contribution in [0.1, 0.15) is 65.0 Å². The number of para-hydroxylation sites is 4. The average Bonchev–Trinajstić information content (AvgIpc) is 4.07. The highest BCUT2D eigenvalue weighted by molar-refractivity contribution is 7.25. The fourth-order valence-corrected chi connectivity index (χ4v) is 12.3. The summed E-state index contributed by atoms with van der Waals surface area (Å²) in [6, 6.07) is 61.4. The van der Waals surface area contributed by atoms with E-state index >= 15 is 0 Å². The molecular weight excluding hydrogens is 785 g/mol. The van der Waals surface area contributed by atoms with Gasteiger partial charge in [0.1, 0.15) is 0 Å². The summed E-state index contributed by atoms with van der Waals surface area (Å²) in [6.07, 6.45) is 5.14. The lowest BCUT2D eigenvalue weighted by molar-refractivity contribution is 0.313. The summed E-state index contributed by atoms with van der Waals surface area (Å²) in [5, 5.41) is 8.96. The van der Waals surface area contributed by atoms with Crippen molar-refractivity contribution in [3.8, 4) is 5.69 Å². The molecule has 3 atom stereocenters. The smallest absolute Gasteiger partial charge is 0.0890 e.